The molecule has 8 nitrogen and oxygen atoms in total. The van der Waals surface area contributed by atoms with Crippen molar-refractivity contribution < 1.29 is 27.5 Å². The van der Waals surface area contributed by atoms with Crippen LogP contribution in [0.25, 0.3) is 0 Å². The van der Waals surface area contributed by atoms with Gasteiger partial charge in [-0.1, -0.05) is 30.2 Å². The highest BCUT2D eigenvalue weighted by atomic mass is 35.5. The number of carbonyl (C=O) groups is 3. The first-order valence-corrected chi connectivity index (χ1v) is 11.9. The number of hydrogen-bond donors (Lipinski definition) is 1. The van der Waals surface area contributed by atoms with Crippen LogP contribution in [0, 0.1) is 0 Å². The Kier molecular flexibility index (Phi) is 7.65. The summed E-state index contributed by atoms with van der Waals surface area (Å²) in [6.45, 7) is 1.56. The number of ketones is 1. The second kappa shape index (κ2) is 10.2. The summed E-state index contributed by atoms with van der Waals surface area (Å²) in [5, 5.41) is 2.53. The number of piperidine rings is 1. The minimum Gasteiger partial charge on any atom is -0.452 e. The van der Waals surface area contributed by atoms with Crippen molar-refractivity contribution in [2.75, 3.05) is 25.0 Å². The fraction of sp³-hybridized carbons (Fsp3) is 0.318. The van der Waals surface area contributed by atoms with E-state index in [4.69, 9.17) is 16.3 Å². The molecule has 1 saturated heterocycles. The predicted molar refractivity (Wildman–Crippen MR) is 119 cm³/mol. The lowest BCUT2D eigenvalue weighted by Crippen LogP contribution is -2.35. The molecule has 2 aromatic carbocycles. The highest BCUT2D eigenvalue weighted by molar-refractivity contribution is 7.89. The molecule has 1 aliphatic rings. The molecule has 0 bridgehead atoms. The Bertz CT molecular complexity index is 1140. The topological polar surface area (TPSA) is 110 Å². The zero-order valence-corrected chi connectivity index (χ0v) is 19.0. The van der Waals surface area contributed by atoms with Crippen molar-refractivity contribution in [3.63, 3.8) is 0 Å². The summed E-state index contributed by atoms with van der Waals surface area (Å²) >= 11 is 6.11. The van der Waals surface area contributed by atoms with Gasteiger partial charge in [0, 0.05) is 18.7 Å². The second-order valence-electron chi connectivity index (χ2n) is 7.34. The van der Waals surface area contributed by atoms with Gasteiger partial charge < -0.3 is 10.1 Å². The molecule has 32 heavy (non-hydrogen) atoms. The number of amides is 1. The van der Waals surface area contributed by atoms with E-state index in [1.165, 1.54) is 23.4 Å². The Balaban J connectivity index is 1.69. The van der Waals surface area contributed by atoms with Crippen molar-refractivity contribution in [3.05, 3.63) is 58.6 Å². The minimum atomic E-state index is -3.85. The van der Waals surface area contributed by atoms with Gasteiger partial charge in [-0.2, -0.15) is 4.31 Å². The second-order valence-corrected chi connectivity index (χ2v) is 9.65. The third kappa shape index (κ3) is 5.53. The summed E-state index contributed by atoms with van der Waals surface area (Å²) in [6, 6.07) is 10.3. The summed E-state index contributed by atoms with van der Waals surface area (Å²) in [6.07, 6.45) is 2.49. The lowest BCUT2D eigenvalue weighted by atomic mass is 10.1. The van der Waals surface area contributed by atoms with Gasteiger partial charge in [0.2, 0.25) is 10.0 Å². The van der Waals surface area contributed by atoms with Crippen LogP contribution in [0.5, 0.6) is 0 Å². The van der Waals surface area contributed by atoms with E-state index in [9.17, 15) is 22.8 Å². The van der Waals surface area contributed by atoms with Gasteiger partial charge in [-0.3, -0.25) is 9.59 Å². The van der Waals surface area contributed by atoms with Gasteiger partial charge in [-0.25, -0.2) is 13.2 Å². The van der Waals surface area contributed by atoms with Crippen LogP contribution >= 0.6 is 11.6 Å². The number of esters is 1. The Hall–Kier alpha value is -2.75. The zero-order chi connectivity index (χ0) is 23.3. The van der Waals surface area contributed by atoms with Crippen LogP contribution in [0.2, 0.25) is 5.02 Å². The average molecular weight is 479 g/mol. The van der Waals surface area contributed by atoms with Crippen LogP contribution in [0.4, 0.5) is 5.69 Å². The number of nitrogens with one attached hydrogen (secondary N) is 1. The molecular formula is C22H23ClN2O6S. The van der Waals surface area contributed by atoms with Crippen LogP contribution in [0.3, 0.4) is 0 Å². The largest absolute Gasteiger partial charge is 0.452 e. The number of nitrogens with zero attached hydrogens (tertiary/aromatic N) is 1. The molecule has 170 valence electrons. The summed E-state index contributed by atoms with van der Waals surface area (Å²) in [5.74, 6) is -1.73. The quantitative estimate of drug-likeness (QED) is 0.481. The minimum absolute atomic E-state index is 0.00528. The fourth-order valence-corrected chi connectivity index (χ4v) is 5.39. The maximum absolute atomic E-state index is 12.9. The molecule has 0 atom stereocenters. The van der Waals surface area contributed by atoms with Crippen LogP contribution in [-0.2, 0) is 19.6 Å². The molecule has 1 aliphatic heterocycles. The number of hydrogen-bond acceptors (Lipinski definition) is 6. The first-order chi connectivity index (χ1) is 15.2. The van der Waals surface area contributed by atoms with E-state index in [-0.39, 0.29) is 21.3 Å². The van der Waals surface area contributed by atoms with Crippen LogP contribution in [0.1, 0.15) is 46.9 Å². The number of benzene rings is 2. The van der Waals surface area contributed by atoms with Crippen molar-refractivity contribution in [1.29, 1.82) is 0 Å². The van der Waals surface area contributed by atoms with Gasteiger partial charge in [0.05, 0.1) is 16.3 Å². The first kappa shape index (κ1) is 23.9. The summed E-state index contributed by atoms with van der Waals surface area (Å²) in [4.78, 5) is 36.1. The van der Waals surface area contributed by atoms with E-state index < -0.39 is 28.5 Å². The smallest absolute Gasteiger partial charge is 0.338 e. The van der Waals surface area contributed by atoms with E-state index in [1.54, 1.807) is 24.3 Å². The monoisotopic (exact) mass is 478 g/mol. The number of para-hydroxylation sites is 1. The predicted octanol–water partition coefficient (Wildman–Crippen LogP) is 3.51. The summed E-state index contributed by atoms with van der Waals surface area (Å²) in [5.41, 5.74) is 0.599. The number of carbonyl (C=O) groups excluding carboxylic acids is 3. The Morgan fingerprint density at radius 2 is 1.75 bits per heavy atom. The molecule has 1 N–H and O–H groups in total. The third-order valence-electron chi connectivity index (χ3n) is 5.01. The van der Waals surface area contributed by atoms with Crippen LogP contribution in [0.15, 0.2) is 47.4 Å². The van der Waals surface area contributed by atoms with E-state index >= 15 is 0 Å². The first-order valence-electron chi connectivity index (χ1n) is 10.1. The molecule has 0 saturated carbocycles. The number of ether oxygens (including phenoxy) is 1. The SMILES string of the molecule is CC(=O)c1ccccc1NC(=O)COC(=O)c1ccc(Cl)c(S(=O)(=O)N2CCCCC2)c1. The fourth-order valence-electron chi connectivity index (χ4n) is 3.37. The Morgan fingerprint density at radius 1 is 1.06 bits per heavy atom. The van der Waals surface area contributed by atoms with Gasteiger partial charge >= 0.3 is 5.97 Å². The van der Waals surface area contributed by atoms with Crippen molar-refractivity contribution in [3.8, 4) is 0 Å². The average Bonchev–Trinajstić information content (AvgIpc) is 2.78. The molecule has 0 unspecified atom stereocenters. The molecule has 1 heterocycles. The number of anilines is 1. The lowest BCUT2D eigenvalue weighted by Gasteiger charge is -2.26. The number of halogens is 1. The molecule has 2 aromatic rings. The van der Waals surface area contributed by atoms with E-state index in [1.807, 2.05) is 0 Å². The molecular weight excluding hydrogens is 456 g/mol. The standard InChI is InChI=1S/C22H23ClN2O6S/c1-15(26)17-7-3-4-8-19(17)24-21(27)14-31-22(28)16-9-10-18(23)20(13-16)32(29,30)25-11-5-2-6-12-25/h3-4,7-10,13H,2,5-6,11-12,14H2,1H3,(H,24,27). The third-order valence-corrected chi connectivity index (χ3v) is 7.39. The number of sulfonamides is 1. The number of rotatable bonds is 7. The zero-order valence-electron chi connectivity index (χ0n) is 17.5. The molecule has 1 amide bonds. The van der Waals surface area contributed by atoms with E-state index in [0.29, 0.717) is 24.3 Å². The molecule has 1 fully saturated rings. The van der Waals surface area contributed by atoms with Crippen molar-refractivity contribution >= 4 is 45.0 Å². The summed E-state index contributed by atoms with van der Waals surface area (Å²) < 4.78 is 32.3. The highest BCUT2D eigenvalue weighted by Crippen LogP contribution is 2.28. The van der Waals surface area contributed by atoms with Gasteiger partial charge in [0.15, 0.2) is 12.4 Å². The van der Waals surface area contributed by atoms with Crippen molar-refractivity contribution in [2.45, 2.75) is 31.1 Å². The van der Waals surface area contributed by atoms with Gasteiger partial charge in [-0.05, 0) is 50.1 Å². The maximum atomic E-state index is 12.9. The van der Waals surface area contributed by atoms with Crippen molar-refractivity contribution in [2.24, 2.45) is 0 Å². The van der Waals surface area contributed by atoms with Crippen LogP contribution in [-0.4, -0.2) is 50.1 Å². The normalized spacial score (nSPS) is 14.6. The molecule has 0 aliphatic carbocycles. The van der Waals surface area contributed by atoms with Gasteiger partial charge in [0.1, 0.15) is 4.90 Å². The Morgan fingerprint density at radius 3 is 2.44 bits per heavy atom. The van der Waals surface area contributed by atoms with E-state index in [0.717, 1.165) is 25.3 Å². The van der Waals surface area contributed by atoms with Gasteiger partial charge in [0.25, 0.3) is 5.91 Å². The highest BCUT2D eigenvalue weighted by Gasteiger charge is 2.29. The number of Topliss-reactive ketones (excluding diaryl/α,β-unsaturated/α-hetero) is 1. The lowest BCUT2D eigenvalue weighted by molar-refractivity contribution is -0.119. The van der Waals surface area contributed by atoms with Gasteiger partial charge in [-0.15, -0.1) is 0 Å². The van der Waals surface area contributed by atoms with Crippen LogP contribution < -0.4 is 5.32 Å². The molecule has 10 heteroatoms. The molecule has 0 spiro atoms. The van der Waals surface area contributed by atoms with E-state index in [2.05, 4.69) is 5.32 Å². The Labute approximate surface area is 191 Å². The molecule has 3 rings (SSSR count). The molecule has 0 aromatic heterocycles. The molecule has 0 radical (unpaired) electrons. The maximum Gasteiger partial charge on any atom is 0.338 e. The summed E-state index contributed by atoms with van der Waals surface area (Å²) in [7, 11) is -3.85. The van der Waals surface area contributed by atoms with Crippen molar-refractivity contribution in [1.82, 2.24) is 4.31 Å².